The zero-order valence-electron chi connectivity index (χ0n) is 15.8. The molecule has 0 spiro atoms. The van der Waals surface area contributed by atoms with Crippen molar-refractivity contribution in [3.63, 3.8) is 0 Å². The van der Waals surface area contributed by atoms with Gasteiger partial charge in [-0.25, -0.2) is 8.42 Å². The van der Waals surface area contributed by atoms with Gasteiger partial charge in [0.1, 0.15) is 6.04 Å². The molecule has 7 heteroatoms. The minimum absolute atomic E-state index is 0.324. The van der Waals surface area contributed by atoms with Crippen LogP contribution in [0, 0.1) is 6.92 Å². The molecule has 2 aromatic carbocycles. The highest BCUT2D eigenvalue weighted by molar-refractivity contribution is 7.92. The predicted octanol–water partition coefficient (Wildman–Crippen LogP) is 3.55. The minimum Gasteiger partial charge on any atom is -0.354 e. The molecule has 0 heterocycles. The number of nitrogens with zero attached hydrogens (tertiary/aromatic N) is 1. The van der Waals surface area contributed by atoms with Crippen LogP contribution in [0.4, 0.5) is 5.69 Å². The van der Waals surface area contributed by atoms with Crippen molar-refractivity contribution in [3.8, 4) is 0 Å². The number of benzene rings is 2. The number of nitrogens with one attached hydrogen (secondary N) is 1. The van der Waals surface area contributed by atoms with Gasteiger partial charge < -0.3 is 5.32 Å². The van der Waals surface area contributed by atoms with E-state index in [0.29, 0.717) is 30.1 Å². The number of carbonyl (C=O) groups is 1. The quantitative estimate of drug-likeness (QED) is 0.726. The average molecular weight is 409 g/mol. The first-order valence-corrected chi connectivity index (χ1v) is 11.0. The molecule has 0 unspecified atom stereocenters. The highest BCUT2D eigenvalue weighted by Crippen LogP contribution is 2.27. The molecule has 2 rings (SSSR count). The van der Waals surface area contributed by atoms with Crippen molar-refractivity contribution in [1.82, 2.24) is 5.32 Å². The molecule has 0 fully saturated rings. The summed E-state index contributed by atoms with van der Waals surface area (Å²) in [5.41, 5.74) is 2.34. The van der Waals surface area contributed by atoms with Gasteiger partial charge in [0.15, 0.2) is 0 Å². The van der Waals surface area contributed by atoms with E-state index in [0.717, 1.165) is 21.7 Å². The highest BCUT2D eigenvalue weighted by Gasteiger charge is 2.31. The van der Waals surface area contributed by atoms with E-state index in [4.69, 9.17) is 11.6 Å². The molecule has 0 aromatic heterocycles. The van der Waals surface area contributed by atoms with Crippen molar-refractivity contribution in [2.45, 2.75) is 32.7 Å². The molecule has 27 heavy (non-hydrogen) atoms. The molecule has 2 aromatic rings. The van der Waals surface area contributed by atoms with E-state index in [1.807, 2.05) is 37.3 Å². The second-order valence-electron chi connectivity index (χ2n) is 6.44. The number of carbonyl (C=O) groups excluding carboxylic acids is 1. The van der Waals surface area contributed by atoms with Crippen LogP contribution < -0.4 is 9.62 Å². The van der Waals surface area contributed by atoms with Crippen molar-refractivity contribution in [3.05, 3.63) is 64.7 Å². The van der Waals surface area contributed by atoms with Gasteiger partial charge in [-0.1, -0.05) is 54.9 Å². The van der Waals surface area contributed by atoms with Gasteiger partial charge in [-0.05, 0) is 43.0 Å². The molecule has 0 aliphatic carbocycles. The number of anilines is 1. The maximum atomic E-state index is 12.7. The average Bonchev–Trinajstić information content (AvgIpc) is 2.62. The van der Waals surface area contributed by atoms with E-state index in [-0.39, 0.29) is 5.91 Å². The van der Waals surface area contributed by atoms with Gasteiger partial charge in [-0.3, -0.25) is 9.10 Å². The molecule has 5 nitrogen and oxygen atoms in total. The number of hydrogen-bond acceptors (Lipinski definition) is 3. The van der Waals surface area contributed by atoms with Crippen LogP contribution in [0.3, 0.4) is 0 Å². The van der Waals surface area contributed by atoms with Gasteiger partial charge in [0.2, 0.25) is 15.9 Å². The first-order chi connectivity index (χ1) is 12.7. The Bertz CT molecular complexity index is 885. The Labute approximate surface area is 166 Å². The number of aryl methyl sites for hydroxylation is 1. The van der Waals surface area contributed by atoms with E-state index in [2.05, 4.69) is 5.32 Å². The van der Waals surface area contributed by atoms with E-state index >= 15 is 0 Å². The summed E-state index contributed by atoms with van der Waals surface area (Å²) >= 11 is 6.16. The van der Waals surface area contributed by atoms with Crippen molar-refractivity contribution in [1.29, 1.82) is 0 Å². The van der Waals surface area contributed by atoms with Crippen LogP contribution in [-0.4, -0.2) is 33.2 Å². The van der Waals surface area contributed by atoms with Gasteiger partial charge in [-0.2, -0.15) is 0 Å². The number of halogens is 1. The zero-order valence-corrected chi connectivity index (χ0v) is 17.3. The molecule has 1 N–H and O–H groups in total. The summed E-state index contributed by atoms with van der Waals surface area (Å²) < 4.78 is 26.0. The Hall–Kier alpha value is -2.05. The fourth-order valence-corrected chi connectivity index (χ4v) is 4.25. The Morgan fingerprint density at radius 2 is 1.85 bits per heavy atom. The Morgan fingerprint density at radius 3 is 2.41 bits per heavy atom. The zero-order chi connectivity index (χ0) is 20.0. The Kier molecular flexibility index (Phi) is 7.27. The second kappa shape index (κ2) is 9.24. The van der Waals surface area contributed by atoms with Gasteiger partial charge in [-0.15, -0.1) is 0 Å². The summed E-state index contributed by atoms with van der Waals surface area (Å²) in [5.74, 6) is -0.324. The van der Waals surface area contributed by atoms with E-state index in [9.17, 15) is 13.2 Å². The van der Waals surface area contributed by atoms with Crippen molar-refractivity contribution < 1.29 is 13.2 Å². The molecule has 1 atom stereocenters. The SMILES string of the molecule is CC[C@H](C(=O)NCCc1ccccc1)N(c1ccc(C)c(Cl)c1)S(C)(=O)=O. The summed E-state index contributed by atoms with van der Waals surface area (Å²) in [4.78, 5) is 12.7. The summed E-state index contributed by atoms with van der Waals surface area (Å²) in [6, 6.07) is 14.0. The van der Waals surface area contributed by atoms with E-state index in [1.54, 1.807) is 25.1 Å². The lowest BCUT2D eigenvalue weighted by molar-refractivity contribution is -0.122. The maximum absolute atomic E-state index is 12.7. The van der Waals surface area contributed by atoms with Gasteiger partial charge in [0.05, 0.1) is 11.9 Å². The van der Waals surface area contributed by atoms with Crippen LogP contribution in [-0.2, 0) is 21.2 Å². The smallest absolute Gasteiger partial charge is 0.243 e. The molecule has 1 amide bonds. The molecule has 0 radical (unpaired) electrons. The number of hydrogen-bond donors (Lipinski definition) is 1. The predicted molar refractivity (Wildman–Crippen MR) is 111 cm³/mol. The van der Waals surface area contributed by atoms with Crippen molar-refractivity contribution in [2.24, 2.45) is 0 Å². The molecular weight excluding hydrogens is 384 g/mol. The molecule has 0 aliphatic heterocycles. The molecule has 0 saturated heterocycles. The molecule has 0 aliphatic rings. The van der Waals surface area contributed by atoms with Crippen LogP contribution in [0.15, 0.2) is 48.5 Å². The summed E-state index contributed by atoms with van der Waals surface area (Å²) in [5, 5.41) is 3.31. The van der Waals surface area contributed by atoms with E-state index < -0.39 is 16.1 Å². The van der Waals surface area contributed by atoms with Crippen LogP contribution in [0.2, 0.25) is 5.02 Å². The highest BCUT2D eigenvalue weighted by atomic mass is 35.5. The monoisotopic (exact) mass is 408 g/mol. The topological polar surface area (TPSA) is 66.5 Å². The van der Waals surface area contributed by atoms with Crippen LogP contribution in [0.1, 0.15) is 24.5 Å². The van der Waals surface area contributed by atoms with Crippen LogP contribution >= 0.6 is 11.6 Å². The third-order valence-corrected chi connectivity index (χ3v) is 5.88. The van der Waals surface area contributed by atoms with Crippen molar-refractivity contribution >= 4 is 33.2 Å². The summed E-state index contributed by atoms with van der Waals surface area (Å²) in [6.07, 6.45) is 2.12. The lowest BCUT2D eigenvalue weighted by Gasteiger charge is -2.30. The van der Waals surface area contributed by atoms with Crippen LogP contribution in [0.25, 0.3) is 0 Å². The number of rotatable bonds is 8. The van der Waals surface area contributed by atoms with Crippen LogP contribution in [0.5, 0.6) is 0 Å². The summed E-state index contributed by atoms with van der Waals surface area (Å²) in [7, 11) is -3.67. The normalized spacial score (nSPS) is 12.4. The third kappa shape index (κ3) is 5.71. The third-order valence-electron chi connectivity index (χ3n) is 4.30. The molecular formula is C20H25ClN2O3S. The molecule has 0 saturated carbocycles. The van der Waals surface area contributed by atoms with Gasteiger partial charge >= 0.3 is 0 Å². The fourth-order valence-electron chi connectivity index (χ4n) is 2.87. The Balaban J connectivity index is 2.18. The standard InChI is InChI=1S/C20H25ClN2O3S/c1-4-19(20(24)22-13-12-16-8-6-5-7-9-16)23(27(3,25)26)17-11-10-15(2)18(21)14-17/h5-11,14,19H,4,12-13H2,1-3H3,(H,22,24)/t19-/m1/s1. The molecule has 146 valence electrons. The number of amides is 1. The number of sulfonamides is 1. The lowest BCUT2D eigenvalue weighted by atomic mass is 10.1. The first kappa shape index (κ1) is 21.3. The fraction of sp³-hybridized carbons (Fsp3) is 0.350. The van der Waals surface area contributed by atoms with Gasteiger partial charge in [0.25, 0.3) is 0 Å². The maximum Gasteiger partial charge on any atom is 0.243 e. The van der Waals surface area contributed by atoms with Gasteiger partial charge in [0, 0.05) is 11.6 Å². The Morgan fingerprint density at radius 1 is 1.19 bits per heavy atom. The first-order valence-electron chi connectivity index (χ1n) is 8.81. The summed E-state index contributed by atoms with van der Waals surface area (Å²) in [6.45, 7) is 4.06. The largest absolute Gasteiger partial charge is 0.354 e. The minimum atomic E-state index is -3.67. The van der Waals surface area contributed by atoms with E-state index in [1.165, 1.54) is 0 Å². The second-order valence-corrected chi connectivity index (χ2v) is 8.71. The lowest BCUT2D eigenvalue weighted by Crippen LogP contribution is -2.49. The molecule has 0 bridgehead atoms. The van der Waals surface area contributed by atoms with Crippen molar-refractivity contribution in [2.75, 3.05) is 17.1 Å².